The monoisotopic (exact) mass is 329 g/mol. The van der Waals surface area contributed by atoms with Crippen molar-refractivity contribution in [3.63, 3.8) is 0 Å². The second kappa shape index (κ2) is 7.73. The van der Waals surface area contributed by atoms with Crippen molar-refractivity contribution < 1.29 is 0 Å². The highest BCUT2D eigenvalue weighted by Crippen LogP contribution is 2.21. The van der Waals surface area contributed by atoms with Crippen LogP contribution >= 0.6 is 23.8 Å². The number of hydrogen-bond acceptors (Lipinski definition) is 2. The van der Waals surface area contributed by atoms with E-state index in [1.165, 1.54) is 0 Å². The largest absolute Gasteiger partial charge is 0.375 e. The van der Waals surface area contributed by atoms with Crippen molar-refractivity contribution in [3.05, 3.63) is 70.7 Å². The third kappa shape index (κ3) is 4.69. The topological polar surface area (TPSA) is 50.4 Å². The number of nitrogens with zero attached hydrogens (tertiary/aromatic N) is 1. The Kier molecular flexibility index (Phi) is 5.69. The van der Waals surface area contributed by atoms with Crippen molar-refractivity contribution in [1.82, 2.24) is 5.43 Å². The van der Waals surface area contributed by atoms with Gasteiger partial charge in [-0.05, 0) is 48.5 Å². The molecule has 112 valence electrons. The van der Waals surface area contributed by atoms with Crippen LogP contribution in [0.3, 0.4) is 0 Å². The number of rotatable bonds is 4. The van der Waals surface area contributed by atoms with Gasteiger partial charge in [0.25, 0.3) is 0 Å². The summed E-state index contributed by atoms with van der Waals surface area (Å²) in [6, 6.07) is 17.6. The Labute approximate surface area is 140 Å². The smallest absolute Gasteiger partial charge is 0.184 e. The zero-order valence-electron chi connectivity index (χ0n) is 12.1. The molecular weight excluding hydrogens is 314 g/mol. The number of allylic oxidation sites excluding steroid dienone is 1. The molecule has 2 aromatic carbocycles. The summed E-state index contributed by atoms with van der Waals surface area (Å²) in [6.07, 6.45) is 2.05. The van der Waals surface area contributed by atoms with Gasteiger partial charge in [0.05, 0.1) is 5.71 Å². The molecule has 22 heavy (non-hydrogen) atoms. The maximum absolute atomic E-state index is 5.93. The van der Waals surface area contributed by atoms with Crippen LogP contribution in [0, 0.1) is 0 Å². The van der Waals surface area contributed by atoms with E-state index in [4.69, 9.17) is 29.6 Å². The van der Waals surface area contributed by atoms with Gasteiger partial charge >= 0.3 is 0 Å². The Morgan fingerprint density at radius 1 is 1.14 bits per heavy atom. The van der Waals surface area contributed by atoms with Gasteiger partial charge in [-0.15, -0.1) is 0 Å². The molecule has 0 unspecified atom stereocenters. The number of benzene rings is 2. The Morgan fingerprint density at radius 2 is 1.77 bits per heavy atom. The van der Waals surface area contributed by atoms with Crippen LogP contribution in [0.5, 0.6) is 0 Å². The van der Waals surface area contributed by atoms with Crippen LogP contribution in [0.25, 0.3) is 11.6 Å². The molecule has 3 N–H and O–H groups in total. The molecule has 0 saturated carbocycles. The molecule has 0 fully saturated rings. The van der Waals surface area contributed by atoms with Gasteiger partial charge in [0, 0.05) is 10.6 Å². The van der Waals surface area contributed by atoms with Crippen LogP contribution in [0.15, 0.2) is 59.7 Å². The van der Waals surface area contributed by atoms with E-state index in [-0.39, 0.29) is 5.11 Å². The van der Waals surface area contributed by atoms with Crippen molar-refractivity contribution >= 4 is 46.3 Å². The molecule has 2 aromatic rings. The first-order valence-corrected chi connectivity index (χ1v) is 7.47. The van der Waals surface area contributed by atoms with Crippen LogP contribution in [0.2, 0.25) is 5.02 Å². The minimum atomic E-state index is 0.137. The maximum atomic E-state index is 5.93. The fourth-order valence-electron chi connectivity index (χ4n) is 1.94. The molecule has 0 amide bonds. The molecule has 0 bridgehead atoms. The van der Waals surface area contributed by atoms with Crippen molar-refractivity contribution in [2.45, 2.75) is 6.92 Å². The SMILES string of the molecule is CC(=N\NC(N)=S)/C(=C\c1ccc(Cl)cc1)c1ccccc1. The van der Waals surface area contributed by atoms with E-state index in [0.29, 0.717) is 5.02 Å². The van der Waals surface area contributed by atoms with E-state index >= 15 is 0 Å². The number of nitrogens with one attached hydrogen (secondary N) is 1. The van der Waals surface area contributed by atoms with Crippen LogP contribution in [0.4, 0.5) is 0 Å². The van der Waals surface area contributed by atoms with Crippen LogP contribution in [-0.2, 0) is 0 Å². The molecule has 3 nitrogen and oxygen atoms in total. The Hall–Kier alpha value is -2.17. The summed E-state index contributed by atoms with van der Waals surface area (Å²) in [6.45, 7) is 1.90. The molecule has 0 radical (unpaired) electrons. The molecule has 0 aliphatic carbocycles. The quantitative estimate of drug-likeness (QED) is 0.384. The van der Waals surface area contributed by atoms with Crippen molar-refractivity contribution in [3.8, 4) is 0 Å². The average molecular weight is 330 g/mol. The fraction of sp³-hybridized carbons (Fsp3) is 0.0588. The van der Waals surface area contributed by atoms with Gasteiger partial charge < -0.3 is 5.73 Å². The van der Waals surface area contributed by atoms with Gasteiger partial charge in [0.2, 0.25) is 0 Å². The third-order valence-corrected chi connectivity index (χ3v) is 3.33. The van der Waals surface area contributed by atoms with Crippen LogP contribution in [-0.4, -0.2) is 10.8 Å². The molecule has 0 spiro atoms. The predicted octanol–water partition coefficient (Wildman–Crippen LogP) is 4.09. The fourth-order valence-corrected chi connectivity index (χ4v) is 2.11. The second-order valence-electron chi connectivity index (χ2n) is 4.65. The van der Waals surface area contributed by atoms with Gasteiger partial charge in [0.1, 0.15) is 0 Å². The van der Waals surface area contributed by atoms with Crippen molar-refractivity contribution in [2.75, 3.05) is 0 Å². The average Bonchev–Trinajstić information content (AvgIpc) is 2.53. The third-order valence-electron chi connectivity index (χ3n) is 2.99. The minimum absolute atomic E-state index is 0.137. The Balaban J connectivity index is 2.43. The second-order valence-corrected chi connectivity index (χ2v) is 5.53. The Bertz CT molecular complexity index is 706. The summed E-state index contributed by atoms with van der Waals surface area (Å²) in [5, 5.41) is 5.06. The van der Waals surface area contributed by atoms with Gasteiger partial charge in [-0.2, -0.15) is 5.10 Å². The van der Waals surface area contributed by atoms with E-state index < -0.39 is 0 Å². The standard InChI is InChI=1S/C17H16ClN3S/c1-12(20-21-17(19)22)16(14-5-3-2-4-6-14)11-13-7-9-15(18)10-8-13/h2-11H,1H3,(H3,19,21,22)/b16-11+,20-12+. The zero-order chi connectivity index (χ0) is 15.9. The van der Waals surface area contributed by atoms with Gasteiger partial charge in [-0.1, -0.05) is 54.1 Å². The molecule has 0 atom stereocenters. The van der Waals surface area contributed by atoms with E-state index in [9.17, 15) is 0 Å². The highest BCUT2D eigenvalue weighted by Gasteiger charge is 2.06. The number of thiocarbonyl (C=S) groups is 1. The minimum Gasteiger partial charge on any atom is -0.375 e. The molecular formula is C17H16ClN3S. The molecule has 0 aromatic heterocycles. The summed E-state index contributed by atoms with van der Waals surface area (Å²) in [5.74, 6) is 0. The summed E-state index contributed by atoms with van der Waals surface area (Å²) in [4.78, 5) is 0. The molecule has 0 heterocycles. The summed E-state index contributed by atoms with van der Waals surface area (Å²) >= 11 is 10.7. The van der Waals surface area contributed by atoms with E-state index in [1.54, 1.807) is 0 Å². The van der Waals surface area contributed by atoms with E-state index in [2.05, 4.69) is 10.5 Å². The number of hydrazone groups is 1. The summed E-state index contributed by atoms with van der Waals surface area (Å²) in [5.41, 5.74) is 11.9. The number of halogens is 1. The van der Waals surface area contributed by atoms with Gasteiger partial charge in [-0.3, -0.25) is 5.43 Å². The normalized spacial score (nSPS) is 12.1. The lowest BCUT2D eigenvalue weighted by Crippen LogP contribution is -2.25. The molecule has 2 rings (SSSR count). The molecule has 5 heteroatoms. The first-order valence-electron chi connectivity index (χ1n) is 6.69. The molecule has 0 saturated heterocycles. The summed E-state index contributed by atoms with van der Waals surface area (Å²) in [7, 11) is 0. The first kappa shape index (κ1) is 16.2. The number of hydrogen-bond donors (Lipinski definition) is 2. The Morgan fingerprint density at radius 3 is 2.36 bits per heavy atom. The predicted molar refractivity (Wildman–Crippen MR) is 98.8 cm³/mol. The van der Waals surface area contributed by atoms with Gasteiger partial charge in [0.15, 0.2) is 5.11 Å². The van der Waals surface area contributed by atoms with E-state index in [0.717, 1.165) is 22.4 Å². The highest BCUT2D eigenvalue weighted by molar-refractivity contribution is 7.80. The molecule has 0 aliphatic rings. The highest BCUT2D eigenvalue weighted by atomic mass is 35.5. The lowest BCUT2D eigenvalue weighted by atomic mass is 9.99. The lowest BCUT2D eigenvalue weighted by molar-refractivity contribution is 1.03. The zero-order valence-corrected chi connectivity index (χ0v) is 13.7. The van der Waals surface area contributed by atoms with Crippen LogP contribution in [0.1, 0.15) is 18.1 Å². The number of nitrogens with two attached hydrogens (primary N) is 1. The van der Waals surface area contributed by atoms with Crippen molar-refractivity contribution in [1.29, 1.82) is 0 Å². The maximum Gasteiger partial charge on any atom is 0.184 e. The lowest BCUT2D eigenvalue weighted by Gasteiger charge is -2.09. The van der Waals surface area contributed by atoms with Gasteiger partial charge in [-0.25, -0.2) is 0 Å². The summed E-state index contributed by atoms with van der Waals surface area (Å²) < 4.78 is 0. The van der Waals surface area contributed by atoms with E-state index in [1.807, 2.05) is 67.6 Å². The first-order chi connectivity index (χ1) is 10.6. The molecule has 0 aliphatic heterocycles. The van der Waals surface area contributed by atoms with Crippen molar-refractivity contribution in [2.24, 2.45) is 10.8 Å². The van der Waals surface area contributed by atoms with Crippen LogP contribution < -0.4 is 11.2 Å².